The van der Waals surface area contributed by atoms with Crippen LogP contribution < -0.4 is 5.73 Å². The van der Waals surface area contributed by atoms with Crippen LogP contribution in [0, 0.1) is 6.92 Å². The summed E-state index contributed by atoms with van der Waals surface area (Å²) in [5, 5.41) is 0. The van der Waals surface area contributed by atoms with Gasteiger partial charge in [-0.25, -0.2) is 4.98 Å². The van der Waals surface area contributed by atoms with Crippen LogP contribution in [0.1, 0.15) is 25.1 Å². The number of benzene rings is 1. The van der Waals surface area contributed by atoms with Crippen LogP contribution in [0.5, 0.6) is 0 Å². The second-order valence-electron chi connectivity index (χ2n) is 5.23. The molecule has 96 valence electrons. The maximum Gasteiger partial charge on any atom is 0.106 e. The minimum Gasteiger partial charge on any atom is -0.399 e. The highest BCUT2D eigenvalue weighted by molar-refractivity contribution is 8.00. The first-order valence-electron chi connectivity index (χ1n) is 6.41. The summed E-state index contributed by atoms with van der Waals surface area (Å²) in [4.78, 5) is 4.62. The fraction of sp³-hybridized carbons (Fsp3) is 0.500. The van der Waals surface area contributed by atoms with Crippen molar-refractivity contribution in [2.45, 2.75) is 37.5 Å². The molecular formula is C14H19N3S. The van der Waals surface area contributed by atoms with E-state index in [1.807, 2.05) is 23.9 Å². The van der Waals surface area contributed by atoms with Crippen molar-refractivity contribution in [2.75, 3.05) is 12.0 Å². The molecule has 1 aliphatic rings. The monoisotopic (exact) mass is 261 g/mol. The minimum absolute atomic E-state index is 0.430. The van der Waals surface area contributed by atoms with Gasteiger partial charge in [-0.1, -0.05) is 6.42 Å². The highest BCUT2D eigenvalue weighted by Crippen LogP contribution is 2.44. The Kier molecular flexibility index (Phi) is 2.77. The quantitative estimate of drug-likeness (QED) is 0.863. The summed E-state index contributed by atoms with van der Waals surface area (Å²) in [6.45, 7) is 3.16. The van der Waals surface area contributed by atoms with Crippen LogP contribution in [0.3, 0.4) is 0 Å². The van der Waals surface area contributed by atoms with Crippen LogP contribution in [0.4, 0.5) is 5.69 Å². The van der Waals surface area contributed by atoms with Gasteiger partial charge in [0.15, 0.2) is 0 Å². The van der Waals surface area contributed by atoms with Gasteiger partial charge in [0, 0.05) is 17.0 Å². The summed E-state index contributed by atoms with van der Waals surface area (Å²) in [6, 6.07) is 6.02. The van der Waals surface area contributed by atoms with Gasteiger partial charge in [0.2, 0.25) is 0 Å². The summed E-state index contributed by atoms with van der Waals surface area (Å²) >= 11 is 2.00. The number of hydrogen-bond donors (Lipinski definition) is 1. The number of rotatable bonds is 3. The largest absolute Gasteiger partial charge is 0.399 e. The van der Waals surface area contributed by atoms with Crippen molar-refractivity contribution in [3.05, 3.63) is 24.0 Å². The molecule has 18 heavy (non-hydrogen) atoms. The molecule has 3 rings (SSSR count). The number of aromatic nitrogens is 2. The van der Waals surface area contributed by atoms with Crippen molar-refractivity contribution in [1.29, 1.82) is 0 Å². The van der Waals surface area contributed by atoms with Crippen molar-refractivity contribution >= 4 is 28.5 Å². The molecule has 3 nitrogen and oxygen atoms in total. The van der Waals surface area contributed by atoms with Crippen LogP contribution in [-0.2, 0) is 6.54 Å². The number of hydrogen-bond acceptors (Lipinski definition) is 3. The van der Waals surface area contributed by atoms with Gasteiger partial charge in [0.05, 0.1) is 11.0 Å². The van der Waals surface area contributed by atoms with E-state index in [1.54, 1.807) is 0 Å². The minimum atomic E-state index is 0.430. The summed E-state index contributed by atoms with van der Waals surface area (Å²) in [5.74, 6) is 1.09. The average Bonchev–Trinajstić information content (AvgIpc) is 2.59. The van der Waals surface area contributed by atoms with E-state index in [9.17, 15) is 0 Å². The molecule has 1 heterocycles. The second-order valence-corrected chi connectivity index (χ2v) is 6.51. The number of aryl methyl sites for hydroxylation is 1. The average molecular weight is 261 g/mol. The van der Waals surface area contributed by atoms with E-state index in [4.69, 9.17) is 5.73 Å². The maximum absolute atomic E-state index is 5.82. The number of nitrogen functional groups attached to an aromatic ring is 1. The third-order valence-corrected chi connectivity index (χ3v) is 5.51. The van der Waals surface area contributed by atoms with Gasteiger partial charge in [-0.3, -0.25) is 0 Å². The standard InChI is InChI=1S/C14H19N3S/c1-10-16-12-8-11(15)4-5-13(12)17(10)9-14(18-2)6-3-7-14/h4-5,8H,3,6-7,9,15H2,1-2H3. The van der Waals surface area contributed by atoms with E-state index in [0.29, 0.717) is 4.75 Å². The van der Waals surface area contributed by atoms with Crippen molar-refractivity contribution in [1.82, 2.24) is 9.55 Å². The number of nitrogens with two attached hydrogens (primary N) is 1. The smallest absolute Gasteiger partial charge is 0.106 e. The fourth-order valence-electron chi connectivity index (χ4n) is 2.75. The molecule has 1 aliphatic carbocycles. The topological polar surface area (TPSA) is 43.8 Å². The van der Waals surface area contributed by atoms with Gasteiger partial charge < -0.3 is 10.3 Å². The molecule has 1 aromatic carbocycles. The zero-order chi connectivity index (χ0) is 12.8. The van der Waals surface area contributed by atoms with Crippen LogP contribution in [0.2, 0.25) is 0 Å². The fourth-order valence-corrected chi connectivity index (χ4v) is 3.71. The Bertz CT molecular complexity index is 578. The summed E-state index contributed by atoms with van der Waals surface area (Å²) in [5.41, 5.74) is 8.83. The first-order valence-corrected chi connectivity index (χ1v) is 7.64. The summed E-state index contributed by atoms with van der Waals surface area (Å²) in [7, 11) is 0. The van der Waals surface area contributed by atoms with Crippen LogP contribution in [0.15, 0.2) is 18.2 Å². The molecule has 0 saturated heterocycles. The molecule has 0 atom stereocenters. The molecule has 0 unspecified atom stereocenters. The molecule has 4 heteroatoms. The number of fused-ring (bicyclic) bond motifs is 1. The van der Waals surface area contributed by atoms with Gasteiger partial charge in [0.1, 0.15) is 5.82 Å². The highest BCUT2D eigenvalue weighted by Gasteiger charge is 2.37. The van der Waals surface area contributed by atoms with E-state index in [1.165, 1.54) is 24.8 Å². The third kappa shape index (κ3) is 1.79. The Morgan fingerprint density at radius 1 is 1.44 bits per heavy atom. The van der Waals surface area contributed by atoms with E-state index in [2.05, 4.69) is 28.8 Å². The highest BCUT2D eigenvalue weighted by atomic mass is 32.2. The second kappa shape index (κ2) is 4.19. The van der Waals surface area contributed by atoms with Crippen LogP contribution >= 0.6 is 11.8 Å². The number of nitrogens with zero attached hydrogens (tertiary/aromatic N) is 2. The van der Waals surface area contributed by atoms with Crippen molar-refractivity contribution in [2.24, 2.45) is 0 Å². The lowest BCUT2D eigenvalue weighted by Gasteiger charge is -2.41. The zero-order valence-corrected chi connectivity index (χ0v) is 11.8. The predicted molar refractivity (Wildman–Crippen MR) is 79.0 cm³/mol. The molecule has 0 radical (unpaired) electrons. The Labute approximate surface area is 112 Å². The number of thioether (sulfide) groups is 1. The lowest BCUT2D eigenvalue weighted by atomic mass is 9.84. The van der Waals surface area contributed by atoms with Crippen molar-refractivity contribution in [3.63, 3.8) is 0 Å². The predicted octanol–water partition coefficient (Wildman–Crippen LogP) is 3.21. The zero-order valence-electron chi connectivity index (χ0n) is 10.9. The molecule has 0 bridgehead atoms. The molecule has 2 aromatic rings. The SMILES string of the molecule is CSC1(Cn2c(C)nc3cc(N)ccc32)CCC1. The molecule has 1 aromatic heterocycles. The summed E-state index contributed by atoms with van der Waals surface area (Å²) < 4.78 is 2.78. The Hall–Kier alpha value is -1.16. The first kappa shape index (κ1) is 11.9. The molecule has 1 saturated carbocycles. The van der Waals surface area contributed by atoms with Crippen molar-refractivity contribution in [3.8, 4) is 0 Å². The number of anilines is 1. The van der Waals surface area contributed by atoms with Gasteiger partial charge in [0.25, 0.3) is 0 Å². The summed E-state index contributed by atoms with van der Waals surface area (Å²) in [6.07, 6.45) is 6.23. The third-order valence-electron chi connectivity index (χ3n) is 4.11. The van der Waals surface area contributed by atoms with Crippen LogP contribution in [-0.4, -0.2) is 20.6 Å². The van der Waals surface area contributed by atoms with Gasteiger partial charge in [-0.2, -0.15) is 11.8 Å². The van der Waals surface area contributed by atoms with Crippen LogP contribution in [0.25, 0.3) is 11.0 Å². The Balaban J connectivity index is 2.03. The molecule has 0 aliphatic heterocycles. The Morgan fingerprint density at radius 3 is 2.83 bits per heavy atom. The lowest BCUT2D eigenvalue weighted by molar-refractivity contribution is 0.322. The molecule has 1 fully saturated rings. The maximum atomic E-state index is 5.82. The van der Waals surface area contributed by atoms with Crippen molar-refractivity contribution < 1.29 is 0 Å². The van der Waals surface area contributed by atoms with E-state index < -0.39 is 0 Å². The lowest BCUT2D eigenvalue weighted by Crippen LogP contribution is -2.38. The number of imidazole rings is 1. The van der Waals surface area contributed by atoms with Gasteiger partial charge >= 0.3 is 0 Å². The molecular weight excluding hydrogens is 242 g/mol. The Morgan fingerprint density at radius 2 is 2.22 bits per heavy atom. The van der Waals surface area contributed by atoms with Gasteiger partial charge in [-0.05, 0) is 44.2 Å². The normalized spacial score (nSPS) is 17.9. The van der Waals surface area contributed by atoms with E-state index in [0.717, 1.165) is 23.6 Å². The molecule has 2 N–H and O–H groups in total. The van der Waals surface area contributed by atoms with Gasteiger partial charge in [-0.15, -0.1) is 0 Å². The van der Waals surface area contributed by atoms with E-state index >= 15 is 0 Å². The van der Waals surface area contributed by atoms with E-state index in [-0.39, 0.29) is 0 Å². The first-order chi connectivity index (χ1) is 8.63. The molecule has 0 spiro atoms. The molecule has 0 amide bonds.